The summed E-state index contributed by atoms with van der Waals surface area (Å²) in [4.78, 5) is 69.5. The SMILES string of the molecule is COc1cccc2c1C(=O)c1c(O)c3c(c(O)c1C2=O)C[C@@](O)(/C(CO)=N/CCC(O)(P(=O)(O)O)P(=O)(O)O)C[C@@H]3O[C@H]1C[C@H](N)[C@H](O)[C@H](C)O1. The van der Waals surface area contributed by atoms with E-state index in [1.807, 2.05) is 0 Å². The molecular weight excluding hydrogens is 722 g/mol. The van der Waals surface area contributed by atoms with Crippen LogP contribution in [-0.2, 0) is 25.0 Å². The normalized spacial score (nSPS) is 27.1. The van der Waals surface area contributed by atoms with Crippen LogP contribution in [0.25, 0.3) is 0 Å². The van der Waals surface area contributed by atoms with E-state index in [1.165, 1.54) is 32.2 Å². The molecule has 0 spiro atoms. The number of aromatic hydroxyl groups is 2. The molecule has 2 aromatic rings. The second-order valence-corrected chi connectivity index (χ2v) is 16.7. The number of aliphatic imine (C=N–C) groups is 1. The molecule has 0 amide bonds. The fraction of sp³-hybridized carbons (Fsp3) is 0.500. The van der Waals surface area contributed by atoms with E-state index in [0.717, 1.165) is 0 Å². The van der Waals surface area contributed by atoms with Crippen molar-refractivity contribution in [3.05, 3.63) is 51.6 Å². The fourth-order valence-electron chi connectivity index (χ4n) is 6.76. The Morgan fingerprint density at radius 2 is 1.71 bits per heavy atom. The number of hydrogen-bond acceptors (Lipinski definition) is 15. The second kappa shape index (κ2) is 13.7. The van der Waals surface area contributed by atoms with Crippen LogP contribution in [0.5, 0.6) is 17.2 Å². The lowest BCUT2D eigenvalue weighted by atomic mass is 9.71. The lowest BCUT2D eigenvalue weighted by Gasteiger charge is -2.43. The fourth-order valence-corrected chi connectivity index (χ4v) is 8.90. The number of carbonyl (C=O) groups excluding carboxylic acids is 2. The zero-order chi connectivity index (χ0) is 38.0. The minimum Gasteiger partial charge on any atom is -0.507 e. The van der Waals surface area contributed by atoms with Crippen LogP contribution < -0.4 is 10.5 Å². The van der Waals surface area contributed by atoms with Gasteiger partial charge < -0.3 is 70.2 Å². The van der Waals surface area contributed by atoms with E-state index in [4.69, 9.17) is 19.9 Å². The highest BCUT2D eigenvalue weighted by molar-refractivity contribution is 7.72. The first-order valence-corrected chi connectivity index (χ1v) is 18.7. The Bertz CT molecular complexity index is 1860. The molecule has 12 N–H and O–H groups in total. The minimum absolute atomic E-state index is 0.0145. The molecule has 21 heteroatoms. The Morgan fingerprint density at radius 1 is 1.08 bits per heavy atom. The lowest BCUT2D eigenvalue weighted by Crippen LogP contribution is -2.53. The third-order valence-corrected chi connectivity index (χ3v) is 13.4. The third-order valence-electron chi connectivity index (χ3n) is 9.51. The molecule has 2 aromatic carbocycles. The van der Waals surface area contributed by atoms with Gasteiger partial charge in [0, 0.05) is 55.0 Å². The minimum atomic E-state index is -5.87. The van der Waals surface area contributed by atoms with E-state index in [-0.39, 0.29) is 34.4 Å². The number of ether oxygens (including phenoxy) is 3. The predicted molar refractivity (Wildman–Crippen MR) is 173 cm³/mol. The number of aliphatic hydroxyl groups excluding tert-OH is 2. The first-order valence-electron chi connectivity index (χ1n) is 15.4. The number of fused-ring (bicyclic) bond motifs is 3. The summed E-state index contributed by atoms with van der Waals surface area (Å²) >= 11 is 0. The van der Waals surface area contributed by atoms with Gasteiger partial charge in [-0.05, 0) is 13.0 Å². The summed E-state index contributed by atoms with van der Waals surface area (Å²) in [5.74, 6) is -3.36. The smallest absolute Gasteiger partial charge is 0.369 e. The average Bonchev–Trinajstić information content (AvgIpc) is 3.04. The molecule has 51 heavy (non-hydrogen) atoms. The van der Waals surface area contributed by atoms with Gasteiger partial charge in [0.2, 0.25) is 5.78 Å². The molecule has 19 nitrogen and oxygen atoms in total. The lowest BCUT2D eigenvalue weighted by molar-refractivity contribution is -0.245. The zero-order valence-electron chi connectivity index (χ0n) is 27.1. The van der Waals surface area contributed by atoms with Crippen molar-refractivity contribution in [2.75, 3.05) is 20.3 Å². The monoisotopic (exact) mass is 760 g/mol. The molecule has 5 rings (SSSR count). The Hall–Kier alpha value is -3.13. The van der Waals surface area contributed by atoms with Crippen LogP contribution in [0.15, 0.2) is 23.2 Å². The van der Waals surface area contributed by atoms with Crippen LogP contribution >= 0.6 is 15.2 Å². The Balaban J connectivity index is 1.64. The van der Waals surface area contributed by atoms with Gasteiger partial charge in [-0.2, -0.15) is 0 Å². The maximum Gasteiger partial charge on any atom is 0.369 e. The van der Waals surface area contributed by atoms with E-state index in [9.17, 15) is 68.9 Å². The molecule has 1 fully saturated rings. The molecule has 0 saturated carbocycles. The van der Waals surface area contributed by atoms with Crippen LogP contribution in [0.1, 0.15) is 75.3 Å². The van der Waals surface area contributed by atoms with Gasteiger partial charge in [0.05, 0.1) is 54.4 Å². The largest absolute Gasteiger partial charge is 0.507 e. The van der Waals surface area contributed by atoms with Crippen LogP contribution in [0.4, 0.5) is 0 Å². The number of phenolic OH excluding ortho intramolecular Hbond substituents is 2. The van der Waals surface area contributed by atoms with E-state index >= 15 is 0 Å². The van der Waals surface area contributed by atoms with Gasteiger partial charge >= 0.3 is 15.2 Å². The quantitative estimate of drug-likeness (QED) is 0.0689. The third kappa shape index (κ3) is 6.57. The number of aliphatic hydroxyl groups is 4. The Kier molecular flexibility index (Phi) is 10.5. The molecule has 0 bridgehead atoms. The number of benzene rings is 2. The molecule has 0 aromatic heterocycles. The molecule has 280 valence electrons. The van der Waals surface area contributed by atoms with E-state index in [0.29, 0.717) is 0 Å². The predicted octanol–water partition coefficient (Wildman–Crippen LogP) is -0.735. The highest BCUT2D eigenvalue weighted by atomic mass is 31.2. The van der Waals surface area contributed by atoms with Crippen molar-refractivity contribution in [3.8, 4) is 17.2 Å². The van der Waals surface area contributed by atoms with E-state index < -0.39 is 129 Å². The summed E-state index contributed by atoms with van der Waals surface area (Å²) in [5, 5.41) is 62.4. The summed E-state index contributed by atoms with van der Waals surface area (Å²) < 4.78 is 40.8. The Morgan fingerprint density at radius 3 is 2.27 bits per heavy atom. The summed E-state index contributed by atoms with van der Waals surface area (Å²) in [5.41, 5.74) is 1.01. The van der Waals surface area contributed by atoms with Crippen molar-refractivity contribution >= 4 is 32.5 Å². The van der Waals surface area contributed by atoms with Crippen LogP contribution in [0, 0.1) is 0 Å². The molecule has 1 aliphatic heterocycles. The van der Waals surface area contributed by atoms with Gasteiger partial charge in [-0.1, -0.05) is 12.1 Å². The highest BCUT2D eigenvalue weighted by Gasteiger charge is 2.59. The Labute approximate surface area is 289 Å². The molecule has 2 aliphatic carbocycles. The summed E-state index contributed by atoms with van der Waals surface area (Å²) in [6.07, 6.45) is -7.48. The number of methoxy groups -OCH3 is 1. The molecule has 3 aliphatic rings. The standard InChI is InChI=1S/C30H38N2O17P2/c1-12-24(34)15(31)8-19(48-12)49-17-10-29(39,18(11-33)32-7-6-30(40,50(41,42)43)51(44,45)46)9-14-21(17)28(38)23-22(26(14)36)25(35)13-4-3-5-16(47-2)20(13)27(23)37/h3-5,12,15,17,19,24,33-34,36,38-40H,6-11,31H2,1-2H3,(H2,41,42,43)(H2,44,45,46)/b32-18+/t12-,15-,17-,19-,24+,29-/m0/s1. The number of nitrogens with zero attached hydrogens (tertiary/aromatic N) is 1. The summed E-state index contributed by atoms with van der Waals surface area (Å²) in [6.45, 7) is -0.529. The zero-order valence-corrected chi connectivity index (χ0v) is 28.9. The van der Waals surface area contributed by atoms with Gasteiger partial charge in [-0.3, -0.25) is 23.7 Å². The number of phenols is 2. The second-order valence-electron chi connectivity index (χ2n) is 12.7. The van der Waals surface area contributed by atoms with Crippen LogP contribution in [-0.4, -0.2) is 123 Å². The molecule has 6 atom stereocenters. The molecule has 1 saturated heterocycles. The van der Waals surface area contributed by atoms with Gasteiger partial charge in [0.15, 0.2) is 12.1 Å². The molecule has 1 heterocycles. The highest BCUT2D eigenvalue weighted by Crippen LogP contribution is 2.69. The van der Waals surface area contributed by atoms with Crippen molar-refractivity contribution in [1.82, 2.24) is 0 Å². The van der Waals surface area contributed by atoms with E-state index in [1.54, 1.807) is 0 Å². The topological polar surface area (TPSA) is 337 Å². The number of carbonyl (C=O) groups is 2. The number of rotatable bonds is 10. The molecular formula is C30H38N2O17P2. The first-order chi connectivity index (χ1) is 23.6. The number of nitrogens with two attached hydrogens (primary N) is 1. The van der Waals surface area contributed by atoms with Gasteiger partial charge in [0.25, 0.3) is 5.08 Å². The van der Waals surface area contributed by atoms with Crippen molar-refractivity contribution < 1.29 is 83.1 Å². The number of ketones is 2. The van der Waals surface area contributed by atoms with Crippen molar-refractivity contribution in [3.63, 3.8) is 0 Å². The van der Waals surface area contributed by atoms with Crippen LogP contribution in [0.3, 0.4) is 0 Å². The molecule has 0 radical (unpaired) electrons. The van der Waals surface area contributed by atoms with Gasteiger partial charge in [-0.25, -0.2) is 0 Å². The van der Waals surface area contributed by atoms with Gasteiger partial charge in [0.1, 0.15) is 22.8 Å². The first kappa shape index (κ1) is 39.1. The number of hydrogen-bond donors (Lipinski definition) is 11. The van der Waals surface area contributed by atoms with Crippen LogP contribution in [0.2, 0.25) is 0 Å². The summed E-state index contributed by atoms with van der Waals surface area (Å²) in [6, 6.07) is 3.31. The van der Waals surface area contributed by atoms with Gasteiger partial charge in [-0.15, -0.1) is 0 Å². The van der Waals surface area contributed by atoms with Crippen molar-refractivity contribution in [1.29, 1.82) is 0 Å². The summed E-state index contributed by atoms with van der Waals surface area (Å²) in [7, 11) is -10.5. The van der Waals surface area contributed by atoms with Crippen molar-refractivity contribution in [2.45, 2.75) is 73.9 Å². The van der Waals surface area contributed by atoms with Crippen molar-refractivity contribution in [2.24, 2.45) is 10.7 Å². The molecule has 0 unspecified atom stereocenters. The maximum absolute atomic E-state index is 13.9. The maximum atomic E-state index is 13.9. The van der Waals surface area contributed by atoms with E-state index in [2.05, 4.69) is 4.99 Å². The average molecular weight is 761 g/mol.